The molecule has 3 heteroatoms. The van der Waals surface area contributed by atoms with Crippen LogP contribution in [0, 0.1) is 0 Å². The number of hydrogen-bond acceptors (Lipinski definition) is 2. The normalized spacial score (nSPS) is 12.6. The Morgan fingerprint density at radius 3 is 2.50 bits per heavy atom. The highest BCUT2D eigenvalue weighted by atomic mass is 79.9. The maximum atomic E-state index is 4.51. The van der Waals surface area contributed by atoms with Crippen molar-refractivity contribution in [1.82, 2.24) is 4.90 Å². The third-order valence-corrected chi connectivity index (χ3v) is 4.30. The first-order chi connectivity index (χ1) is 9.69. The average molecular weight is 350 g/mol. The zero-order chi connectivity index (χ0) is 14.4. The molecule has 106 valence electrons. The Hall–Kier alpha value is -0.770. The van der Waals surface area contributed by atoms with E-state index in [1.807, 2.05) is 0 Å². The lowest BCUT2D eigenvalue weighted by Gasteiger charge is -2.23. The van der Waals surface area contributed by atoms with Gasteiger partial charge in [0.1, 0.15) is 0 Å². The predicted molar refractivity (Wildman–Crippen MR) is 93.5 cm³/mol. The van der Waals surface area contributed by atoms with Crippen LogP contribution in [0.1, 0.15) is 17.0 Å². The van der Waals surface area contributed by atoms with Gasteiger partial charge in [0.15, 0.2) is 0 Å². The van der Waals surface area contributed by atoms with Crippen LogP contribution < -0.4 is 0 Å². The number of halogens is 1. The molecule has 0 aliphatic heterocycles. The fraction of sp³-hybridized carbons (Fsp3) is 0.294. The molecular formula is C17H20BrNS. The maximum Gasteiger partial charge on any atom is 0.0231 e. The van der Waals surface area contributed by atoms with E-state index in [-0.39, 0.29) is 0 Å². The van der Waals surface area contributed by atoms with Crippen LogP contribution in [-0.4, -0.2) is 24.2 Å². The molecule has 0 heterocycles. The van der Waals surface area contributed by atoms with Gasteiger partial charge in [0.05, 0.1) is 0 Å². The molecule has 0 aliphatic rings. The lowest BCUT2D eigenvalue weighted by molar-refractivity contribution is 0.311. The summed E-state index contributed by atoms with van der Waals surface area (Å²) in [4.78, 5) is 2.36. The quantitative estimate of drug-likeness (QED) is 0.746. The van der Waals surface area contributed by atoms with Crippen molar-refractivity contribution in [3.8, 4) is 0 Å². The van der Waals surface area contributed by atoms with Gasteiger partial charge in [-0.15, -0.1) is 0 Å². The minimum absolute atomic E-state index is 0.469. The van der Waals surface area contributed by atoms with E-state index in [9.17, 15) is 0 Å². The fourth-order valence-electron chi connectivity index (χ4n) is 2.38. The zero-order valence-corrected chi connectivity index (χ0v) is 14.1. The highest BCUT2D eigenvalue weighted by molar-refractivity contribution is 9.10. The van der Waals surface area contributed by atoms with E-state index in [2.05, 4.69) is 95.1 Å². The van der Waals surface area contributed by atoms with Gasteiger partial charge in [-0.2, -0.15) is 12.6 Å². The molecule has 0 bridgehead atoms. The smallest absolute Gasteiger partial charge is 0.0231 e. The molecule has 0 radical (unpaired) electrons. The zero-order valence-electron chi connectivity index (χ0n) is 11.7. The Kier molecular flexibility index (Phi) is 6.14. The number of rotatable bonds is 6. The van der Waals surface area contributed by atoms with Gasteiger partial charge in [-0.05, 0) is 36.1 Å². The lowest BCUT2D eigenvalue weighted by Crippen LogP contribution is -2.25. The summed E-state index contributed by atoms with van der Waals surface area (Å²) in [6.45, 7) is 1.97. The van der Waals surface area contributed by atoms with Crippen LogP contribution in [0.2, 0.25) is 0 Å². The first-order valence-electron chi connectivity index (χ1n) is 6.78. The molecule has 2 aromatic rings. The van der Waals surface area contributed by atoms with Crippen LogP contribution in [0.3, 0.4) is 0 Å². The molecule has 0 fully saturated rings. The summed E-state index contributed by atoms with van der Waals surface area (Å²) in [5.41, 5.74) is 2.69. The van der Waals surface area contributed by atoms with E-state index in [0.29, 0.717) is 5.92 Å². The molecule has 2 aromatic carbocycles. The van der Waals surface area contributed by atoms with Gasteiger partial charge < -0.3 is 4.90 Å². The highest BCUT2D eigenvalue weighted by Gasteiger charge is 2.12. The summed E-state index contributed by atoms with van der Waals surface area (Å²) >= 11 is 8.03. The third kappa shape index (κ3) is 4.65. The van der Waals surface area contributed by atoms with E-state index < -0.39 is 0 Å². The number of likely N-dealkylation sites (N-methyl/N-ethyl adjacent to an activating group) is 1. The van der Waals surface area contributed by atoms with Gasteiger partial charge in [-0.25, -0.2) is 0 Å². The first-order valence-corrected chi connectivity index (χ1v) is 8.20. The van der Waals surface area contributed by atoms with Gasteiger partial charge >= 0.3 is 0 Å². The molecule has 0 amide bonds. The first kappa shape index (κ1) is 15.6. The van der Waals surface area contributed by atoms with Gasteiger partial charge in [-0.3, -0.25) is 0 Å². The Bertz CT molecular complexity index is 530. The van der Waals surface area contributed by atoms with Crippen LogP contribution in [0.4, 0.5) is 0 Å². The number of hydrogen-bond donors (Lipinski definition) is 1. The summed E-state index contributed by atoms with van der Waals surface area (Å²) in [5, 5.41) is 0. The van der Waals surface area contributed by atoms with E-state index in [1.54, 1.807) is 0 Å². The van der Waals surface area contributed by atoms with Gasteiger partial charge in [0.25, 0.3) is 0 Å². The second-order valence-electron chi connectivity index (χ2n) is 5.12. The summed E-state index contributed by atoms with van der Waals surface area (Å²) < 4.78 is 1.14. The Labute approximate surface area is 135 Å². The van der Waals surface area contributed by atoms with Crippen molar-refractivity contribution >= 4 is 28.6 Å². The van der Waals surface area contributed by atoms with Crippen molar-refractivity contribution < 1.29 is 0 Å². The van der Waals surface area contributed by atoms with Gasteiger partial charge in [0.2, 0.25) is 0 Å². The van der Waals surface area contributed by atoms with Crippen LogP contribution in [0.25, 0.3) is 0 Å². The molecule has 1 nitrogen and oxygen atoms in total. The Balaban J connectivity index is 1.97. The summed E-state index contributed by atoms with van der Waals surface area (Å²) in [7, 11) is 2.17. The SMILES string of the molecule is CN(Cc1cccc(Br)c1)CC(CS)c1ccccc1. The minimum Gasteiger partial charge on any atom is -0.301 e. The molecule has 0 spiro atoms. The molecule has 1 unspecified atom stereocenters. The van der Waals surface area contributed by atoms with Crippen molar-refractivity contribution in [2.24, 2.45) is 0 Å². The molecule has 1 atom stereocenters. The second kappa shape index (κ2) is 7.87. The third-order valence-electron chi connectivity index (χ3n) is 3.36. The Morgan fingerprint density at radius 1 is 1.10 bits per heavy atom. The number of thiol groups is 1. The molecule has 2 rings (SSSR count). The molecule has 0 saturated heterocycles. The molecule has 0 aliphatic carbocycles. The van der Waals surface area contributed by atoms with E-state index >= 15 is 0 Å². The predicted octanol–water partition coefficient (Wildman–Crippen LogP) is 4.59. The van der Waals surface area contributed by atoms with Gasteiger partial charge in [0, 0.05) is 23.5 Å². The lowest BCUT2D eigenvalue weighted by atomic mass is 10.0. The van der Waals surface area contributed by atoms with Crippen LogP contribution in [-0.2, 0) is 6.54 Å². The standard InChI is InChI=1S/C17H20BrNS/c1-19(11-14-6-5-9-17(18)10-14)12-16(13-20)15-7-3-2-4-8-15/h2-10,16,20H,11-13H2,1H3. The van der Waals surface area contributed by atoms with E-state index in [0.717, 1.165) is 23.3 Å². The average Bonchev–Trinajstić information content (AvgIpc) is 2.45. The molecule has 0 saturated carbocycles. The number of nitrogens with zero attached hydrogens (tertiary/aromatic N) is 1. The van der Waals surface area contributed by atoms with Crippen molar-refractivity contribution in [2.45, 2.75) is 12.5 Å². The summed E-state index contributed by atoms with van der Waals surface area (Å²) in [5.74, 6) is 1.34. The van der Waals surface area contributed by atoms with E-state index in [4.69, 9.17) is 0 Å². The topological polar surface area (TPSA) is 3.24 Å². The van der Waals surface area contributed by atoms with E-state index in [1.165, 1.54) is 11.1 Å². The maximum absolute atomic E-state index is 4.51. The molecular weight excluding hydrogens is 330 g/mol. The van der Waals surface area contributed by atoms with Crippen LogP contribution in [0.5, 0.6) is 0 Å². The van der Waals surface area contributed by atoms with Crippen LogP contribution in [0.15, 0.2) is 59.1 Å². The summed E-state index contributed by atoms with van der Waals surface area (Å²) in [6, 6.07) is 19.1. The molecule has 0 N–H and O–H groups in total. The van der Waals surface area contributed by atoms with Crippen LogP contribution >= 0.6 is 28.6 Å². The monoisotopic (exact) mass is 349 g/mol. The van der Waals surface area contributed by atoms with Crippen molar-refractivity contribution in [3.63, 3.8) is 0 Å². The van der Waals surface area contributed by atoms with Crippen molar-refractivity contribution in [2.75, 3.05) is 19.3 Å². The largest absolute Gasteiger partial charge is 0.301 e. The molecule has 0 aromatic heterocycles. The number of benzene rings is 2. The Morgan fingerprint density at radius 2 is 1.85 bits per heavy atom. The second-order valence-corrected chi connectivity index (χ2v) is 6.40. The van der Waals surface area contributed by atoms with Crippen molar-refractivity contribution in [3.05, 3.63) is 70.2 Å². The molecule has 20 heavy (non-hydrogen) atoms. The minimum atomic E-state index is 0.469. The van der Waals surface area contributed by atoms with Crippen molar-refractivity contribution in [1.29, 1.82) is 0 Å². The highest BCUT2D eigenvalue weighted by Crippen LogP contribution is 2.19. The van der Waals surface area contributed by atoms with Gasteiger partial charge in [-0.1, -0.05) is 58.4 Å². The fourth-order valence-corrected chi connectivity index (χ4v) is 3.15. The summed E-state index contributed by atoms with van der Waals surface area (Å²) in [6.07, 6.45) is 0.